The number of hydrogen-bond acceptors (Lipinski definition) is 4. The van der Waals surface area contributed by atoms with Crippen molar-refractivity contribution in [3.8, 4) is 11.5 Å². The van der Waals surface area contributed by atoms with Crippen LogP contribution in [0, 0.1) is 0 Å². The molecule has 2 N–H and O–H groups in total. The number of carboxylic acid groups (broad SMARTS) is 1. The van der Waals surface area contributed by atoms with Gasteiger partial charge in [-0.05, 0) is 41.4 Å². The molecule has 0 bridgehead atoms. The van der Waals surface area contributed by atoms with Crippen LogP contribution in [-0.4, -0.2) is 36.7 Å². The number of amides is 1. The van der Waals surface area contributed by atoms with E-state index in [4.69, 9.17) is 14.6 Å². The topological polar surface area (TPSA) is 84.9 Å². The predicted molar refractivity (Wildman–Crippen MR) is 81.0 cm³/mol. The molecule has 21 heavy (non-hydrogen) atoms. The van der Waals surface area contributed by atoms with Crippen LogP contribution in [0.4, 0.5) is 0 Å². The van der Waals surface area contributed by atoms with Crippen molar-refractivity contribution in [1.82, 2.24) is 5.32 Å². The molecule has 0 aliphatic heterocycles. The Labute approximate surface area is 131 Å². The third-order valence-electron chi connectivity index (χ3n) is 2.66. The van der Waals surface area contributed by atoms with Gasteiger partial charge in [-0.15, -0.1) is 0 Å². The Morgan fingerprint density at radius 3 is 2.62 bits per heavy atom. The summed E-state index contributed by atoms with van der Waals surface area (Å²) in [5.74, 6) is -0.670. The maximum atomic E-state index is 12.0. The van der Waals surface area contributed by atoms with Gasteiger partial charge in [0, 0.05) is 5.56 Å². The molecule has 0 aliphatic carbocycles. The van der Waals surface area contributed by atoms with Crippen molar-refractivity contribution in [1.29, 1.82) is 0 Å². The maximum absolute atomic E-state index is 12.0. The first-order chi connectivity index (χ1) is 9.90. The van der Waals surface area contributed by atoms with Gasteiger partial charge < -0.3 is 19.9 Å². The summed E-state index contributed by atoms with van der Waals surface area (Å²) in [7, 11) is 1.47. The smallest absolute Gasteiger partial charge is 0.325 e. The summed E-state index contributed by atoms with van der Waals surface area (Å²) in [6.07, 6.45) is 0.841. The maximum Gasteiger partial charge on any atom is 0.325 e. The third kappa shape index (κ3) is 4.63. The molecule has 6 nitrogen and oxygen atoms in total. The summed E-state index contributed by atoms with van der Waals surface area (Å²) < 4.78 is 11.4. The van der Waals surface area contributed by atoms with E-state index < -0.39 is 17.9 Å². The number of rotatable bonds is 7. The normalized spacial score (nSPS) is 11.6. The van der Waals surface area contributed by atoms with Crippen LogP contribution in [0.15, 0.2) is 16.6 Å². The molecule has 0 radical (unpaired) electrons. The largest absolute Gasteiger partial charge is 0.493 e. The Balaban J connectivity index is 3.02. The summed E-state index contributed by atoms with van der Waals surface area (Å²) in [4.78, 5) is 22.8. The van der Waals surface area contributed by atoms with E-state index in [0.717, 1.165) is 6.42 Å². The van der Waals surface area contributed by atoms with Crippen LogP contribution in [0.5, 0.6) is 11.5 Å². The molecule has 116 valence electrons. The van der Waals surface area contributed by atoms with Gasteiger partial charge in [-0.25, -0.2) is 0 Å². The van der Waals surface area contributed by atoms with Crippen LogP contribution in [0.25, 0.3) is 0 Å². The number of carboxylic acids is 1. The molecule has 0 saturated heterocycles. The molecule has 1 aromatic rings. The second-order valence-corrected chi connectivity index (χ2v) is 5.23. The lowest BCUT2D eigenvalue weighted by molar-refractivity contribution is -0.138. The molecule has 0 fully saturated rings. The predicted octanol–water partition coefficient (Wildman–Crippen LogP) is 2.45. The summed E-state index contributed by atoms with van der Waals surface area (Å²) >= 11 is 3.33. The minimum atomic E-state index is -1.10. The van der Waals surface area contributed by atoms with E-state index in [-0.39, 0.29) is 5.56 Å². The zero-order valence-electron chi connectivity index (χ0n) is 12.1. The molecule has 1 aromatic carbocycles. The van der Waals surface area contributed by atoms with Crippen LogP contribution in [0.3, 0.4) is 0 Å². The summed E-state index contributed by atoms with van der Waals surface area (Å²) in [5.41, 5.74) is 0.288. The molecule has 1 rings (SSSR count). The highest BCUT2D eigenvalue weighted by Gasteiger charge is 2.19. The van der Waals surface area contributed by atoms with Gasteiger partial charge in [-0.3, -0.25) is 9.59 Å². The lowest BCUT2D eigenvalue weighted by Crippen LogP contribution is -2.38. The van der Waals surface area contributed by atoms with E-state index in [2.05, 4.69) is 21.2 Å². The molecule has 7 heteroatoms. The van der Waals surface area contributed by atoms with Crippen molar-refractivity contribution in [2.45, 2.75) is 26.3 Å². The van der Waals surface area contributed by atoms with Crippen molar-refractivity contribution < 1.29 is 24.2 Å². The lowest BCUT2D eigenvalue weighted by atomic mass is 10.1. The van der Waals surface area contributed by atoms with Crippen LogP contribution >= 0.6 is 15.9 Å². The van der Waals surface area contributed by atoms with Crippen molar-refractivity contribution in [2.75, 3.05) is 13.7 Å². The van der Waals surface area contributed by atoms with Gasteiger partial charge >= 0.3 is 5.97 Å². The Kier molecular flexibility index (Phi) is 6.48. The monoisotopic (exact) mass is 359 g/mol. The highest BCUT2D eigenvalue weighted by molar-refractivity contribution is 9.10. The number of halogens is 1. The average molecular weight is 360 g/mol. The van der Waals surface area contributed by atoms with Crippen LogP contribution in [0.1, 0.15) is 30.6 Å². The Morgan fingerprint density at radius 1 is 1.43 bits per heavy atom. The first kappa shape index (κ1) is 17.3. The van der Waals surface area contributed by atoms with Gasteiger partial charge in [-0.2, -0.15) is 0 Å². The van der Waals surface area contributed by atoms with Crippen molar-refractivity contribution in [3.63, 3.8) is 0 Å². The first-order valence-corrected chi connectivity index (χ1v) is 7.24. The molecule has 1 amide bonds. The third-order valence-corrected chi connectivity index (χ3v) is 3.25. The van der Waals surface area contributed by atoms with Crippen LogP contribution in [-0.2, 0) is 4.79 Å². The fourth-order valence-corrected chi connectivity index (χ4v) is 2.09. The average Bonchev–Trinajstić information content (AvgIpc) is 2.44. The summed E-state index contributed by atoms with van der Waals surface area (Å²) in [6, 6.07) is 2.11. The summed E-state index contributed by atoms with van der Waals surface area (Å²) in [6.45, 7) is 3.90. The number of nitrogens with one attached hydrogen (secondary N) is 1. The van der Waals surface area contributed by atoms with Crippen molar-refractivity contribution >= 4 is 27.8 Å². The number of carbonyl (C=O) groups is 2. The van der Waals surface area contributed by atoms with Gasteiger partial charge in [0.1, 0.15) is 6.04 Å². The molecular formula is C14H18BrNO5. The number of aliphatic carboxylic acids is 1. The first-order valence-electron chi connectivity index (χ1n) is 6.44. The van der Waals surface area contributed by atoms with Crippen LogP contribution < -0.4 is 14.8 Å². The quantitative estimate of drug-likeness (QED) is 0.780. The van der Waals surface area contributed by atoms with Gasteiger partial charge in [0.25, 0.3) is 5.91 Å². The zero-order chi connectivity index (χ0) is 16.0. The van der Waals surface area contributed by atoms with E-state index in [1.54, 1.807) is 6.07 Å². The van der Waals surface area contributed by atoms with E-state index in [1.807, 2.05) is 6.92 Å². The Hall–Kier alpha value is -1.76. The Bertz CT molecular complexity index is 532. The lowest BCUT2D eigenvalue weighted by Gasteiger charge is -2.15. The van der Waals surface area contributed by atoms with Gasteiger partial charge in [0.2, 0.25) is 0 Å². The Morgan fingerprint density at radius 2 is 2.10 bits per heavy atom. The second-order valence-electron chi connectivity index (χ2n) is 4.37. The number of methoxy groups -OCH3 is 1. The van der Waals surface area contributed by atoms with E-state index in [1.165, 1.54) is 20.1 Å². The number of ether oxygens (including phenoxy) is 2. The molecule has 0 aliphatic rings. The van der Waals surface area contributed by atoms with E-state index >= 15 is 0 Å². The molecule has 0 spiro atoms. The fourth-order valence-electron chi connectivity index (χ4n) is 1.54. The van der Waals surface area contributed by atoms with E-state index in [9.17, 15) is 9.59 Å². The van der Waals surface area contributed by atoms with Gasteiger partial charge in [0.15, 0.2) is 11.5 Å². The molecule has 1 unspecified atom stereocenters. The number of benzene rings is 1. The molecule has 1 atom stereocenters. The number of carbonyl (C=O) groups excluding carboxylic acids is 1. The standard InChI is InChI=1S/C14H18BrNO5/c1-4-5-21-12-10(15)6-9(7-11(12)20-3)13(17)16-8(2)14(18)19/h6-8H,4-5H2,1-3H3,(H,16,17)(H,18,19). The molecule has 0 aromatic heterocycles. The van der Waals surface area contributed by atoms with Gasteiger partial charge in [0.05, 0.1) is 18.2 Å². The van der Waals surface area contributed by atoms with Crippen LogP contribution in [0.2, 0.25) is 0 Å². The minimum Gasteiger partial charge on any atom is -0.493 e. The highest BCUT2D eigenvalue weighted by Crippen LogP contribution is 2.36. The zero-order valence-corrected chi connectivity index (χ0v) is 13.7. The van der Waals surface area contributed by atoms with E-state index in [0.29, 0.717) is 22.6 Å². The molecule has 0 saturated carbocycles. The second kappa shape index (κ2) is 7.87. The minimum absolute atomic E-state index is 0.288. The highest BCUT2D eigenvalue weighted by atomic mass is 79.9. The SMILES string of the molecule is CCCOc1c(Br)cc(C(=O)NC(C)C(=O)O)cc1OC. The van der Waals surface area contributed by atoms with Gasteiger partial charge in [-0.1, -0.05) is 6.92 Å². The molecule has 0 heterocycles. The molecular weight excluding hydrogens is 342 g/mol. The van der Waals surface area contributed by atoms with Crippen molar-refractivity contribution in [3.05, 3.63) is 22.2 Å². The number of hydrogen-bond donors (Lipinski definition) is 2. The summed E-state index contributed by atoms with van der Waals surface area (Å²) in [5, 5.41) is 11.2. The van der Waals surface area contributed by atoms with Crippen molar-refractivity contribution in [2.24, 2.45) is 0 Å². The fraction of sp³-hybridized carbons (Fsp3) is 0.429.